The minimum atomic E-state index is -0.133. The molecule has 3 rings (SSSR count). The molecule has 0 saturated heterocycles. The Labute approximate surface area is 135 Å². The van der Waals surface area contributed by atoms with Crippen molar-refractivity contribution in [1.82, 2.24) is 9.97 Å². The summed E-state index contributed by atoms with van der Waals surface area (Å²) in [5.41, 5.74) is 1.37. The molecule has 0 atom stereocenters. The Hall–Kier alpha value is -2.62. The molecule has 4 nitrogen and oxygen atoms in total. The summed E-state index contributed by atoms with van der Waals surface area (Å²) < 4.78 is 5.88. The second kappa shape index (κ2) is 7.09. The van der Waals surface area contributed by atoms with Crippen LogP contribution < -0.4 is 10.3 Å². The highest BCUT2D eigenvalue weighted by molar-refractivity contribution is 5.80. The highest BCUT2D eigenvalue weighted by atomic mass is 16.5. The van der Waals surface area contributed by atoms with Crippen LogP contribution in [0.4, 0.5) is 0 Å². The summed E-state index contributed by atoms with van der Waals surface area (Å²) in [6.45, 7) is 2.83. The van der Waals surface area contributed by atoms with Gasteiger partial charge in [-0.15, -0.1) is 0 Å². The van der Waals surface area contributed by atoms with Crippen LogP contribution in [0.15, 0.2) is 53.3 Å². The van der Waals surface area contributed by atoms with E-state index in [1.807, 2.05) is 42.5 Å². The Morgan fingerprint density at radius 1 is 1.04 bits per heavy atom. The molecule has 1 aromatic heterocycles. The van der Waals surface area contributed by atoms with E-state index in [0.717, 1.165) is 30.6 Å². The fourth-order valence-corrected chi connectivity index (χ4v) is 2.54. The van der Waals surface area contributed by atoms with Crippen molar-refractivity contribution in [3.05, 3.63) is 58.9 Å². The van der Waals surface area contributed by atoms with Gasteiger partial charge in [-0.25, -0.2) is 4.98 Å². The van der Waals surface area contributed by atoms with E-state index in [-0.39, 0.29) is 5.56 Å². The van der Waals surface area contributed by atoms with Gasteiger partial charge in [0.05, 0.1) is 23.1 Å². The molecular formula is C19H20N2O2. The molecule has 23 heavy (non-hydrogen) atoms. The first-order valence-corrected chi connectivity index (χ1v) is 8.01. The number of hydrogen-bond acceptors (Lipinski definition) is 3. The SMILES string of the molecule is CCCCCOc1ccccc1-c1nc2ccccc2c(=O)[nH]1. The van der Waals surface area contributed by atoms with Crippen LogP contribution in [0.3, 0.4) is 0 Å². The first kappa shape index (κ1) is 15.3. The molecule has 1 N–H and O–H groups in total. The molecule has 4 heteroatoms. The zero-order valence-electron chi connectivity index (χ0n) is 13.2. The Morgan fingerprint density at radius 2 is 1.83 bits per heavy atom. The number of nitrogens with zero attached hydrogens (tertiary/aromatic N) is 1. The third-order valence-corrected chi connectivity index (χ3v) is 3.76. The van der Waals surface area contributed by atoms with Crippen LogP contribution in [-0.4, -0.2) is 16.6 Å². The minimum Gasteiger partial charge on any atom is -0.493 e. The maximum Gasteiger partial charge on any atom is 0.259 e. The van der Waals surface area contributed by atoms with Crippen molar-refractivity contribution < 1.29 is 4.74 Å². The molecule has 1 heterocycles. The molecule has 0 bridgehead atoms. The number of benzene rings is 2. The molecule has 0 amide bonds. The number of hydrogen-bond donors (Lipinski definition) is 1. The first-order chi connectivity index (χ1) is 11.3. The molecule has 0 aliphatic rings. The number of H-pyrrole nitrogens is 1. The van der Waals surface area contributed by atoms with E-state index < -0.39 is 0 Å². The van der Waals surface area contributed by atoms with Crippen LogP contribution in [0, 0.1) is 0 Å². The second-order valence-electron chi connectivity index (χ2n) is 5.48. The normalized spacial score (nSPS) is 10.8. The molecule has 0 aliphatic heterocycles. The third-order valence-electron chi connectivity index (χ3n) is 3.76. The highest BCUT2D eigenvalue weighted by Crippen LogP contribution is 2.27. The Kier molecular flexibility index (Phi) is 4.71. The van der Waals surface area contributed by atoms with Crippen molar-refractivity contribution >= 4 is 10.9 Å². The van der Waals surface area contributed by atoms with Crippen molar-refractivity contribution in [1.29, 1.82) is 0 Å². The number of rotatable bonds is 6. The van der Waals surface area contributed by atoms with E-state index in [1.54, 1.807) is 6.07 Å². The van der Waals surface area contributed by atoms with E-state index in [1.165, 1.54) is 0 Å². The van der Waals surface area contributed by atoms with E-state index in [4.69, 9.17) is 4.74 Å². The standard InChI is InChI=1S/C19H20N2O2/c1-2-3-8-13-23-17-12-7-5-10-15(17)18-20-16-11-6-4-9-14(16)19(22)21-18/h4-7,9-12H,2-3,8,13H2,1H3,(H,20,21,22). The van der Waals surface area contributed by atoms with Crippen LogP contribution in [0.5, 0.6) is 5.75 Å². The third kappa shape index (κ3) is 3.42. The van der Waals surface area contributed by atoms with Gasteiger partial charge in [0.2, 0.25) is 0 Å². The zero-order chi connectivity index (χ0) is 16.1. The maximum atomic E-state index is 12.2. The van der Waals surface area contributed by atoms with Crippen LogP contribution in [0.1, 0.15) is 26.2 Å². The van der Waals surface area contributed by atoms with Crippen LogP contribution in [0.2, 0.25) is 0 Å². The predicted octanol–water partition coefficient (Wildman–Crippen LogP) is 4.16. The van der Waals surface area contributed by atoms with Gasteiger partial charge in [0.1, 0.15) is 11.6 Å². The Morgan fingerprint density at radius 3 is 2.70 bits per heavy atom. The molecule has 118 valence electrons. The summed E-state index contributed by atoms with van der Waals surface area (Å²) in [5.74, 6) is 1.29. The molecule has 0 radical (unpaired) electrons. The number of aromatic nitrogens is 2. The number of para-hydroxylation sites is 2. The summed E-state index contributed by atoms with van der Waals surface area (Å²) in [5, 5.41) is 0.595. The highest BCUT2D eigenvalue weighted by Gasteiger charge is 2.10. The summed E-state index contributed by atoms with van der Waals surface area (Å²) in [6.07, 6.45) is 3.32. The summed E-state index contributed by atoms with van der Waals surface area (Å²) in [6, 6.07) is 15.0. The monoisotopic (exact) mass is 308 g/mol. The van der Waals surface area contributed by atoms with E-state index in [9.17, 15) is 4.79 Å². The van der Waals surface area contributed by atoms with Gasteiger partial charge in [0, 0.05) is 0 Å². The summed E-state index contributed by atoms with van der Waals surface area (Å²) >= 11 is 0. The average Bonchev–Trinajstić information content (AvgIpc) is 2.59. The first-order valence-electron chi connectivity index (χ1n) is 8.01. The summed E-state index contributed by atoms with van der Waals surface area (Å²) in [7, 11) is 0. The van der Waals surface area contributed by atoms with Crippen molar-refractivity contribution in [2.45, 2.75) is 26.2 Å². The van der Waals surface area contributed by atoms with Gasteiger partial charge in [0.25, 0.3) is 5.56 Å². The number of nitrogens with one attached hydrogen (secondary N) is 1. The van der Waals surface area contributed by atoms with Crippen molar-refractivity contribution in [2.75, 3.05) is 6.61 Å². The lowest BCUT2D eigenvalue weighted by atomic mass is 10.1. The van der Waals surface area contributed by atoms with E-state index in [2.05, 4.69) is 16.9 Å². The molecule has 0 saturated carbocycles. The predicted molar refractivity (Wildman–Crippen MR) is 92.8 cm³/mol. The molecule has 0 spiro atoms. The fourth-order valence-electron chi connectivity index (χ4n) is 2.54. The zero-order valence-corrected chi connectivity index (χ0v) is 13.2. The van der Waals surface area contributed by atoms with Gasteiger partial charge >= 0.3 is 0 Å². The minimum absolute atomic E-state index is 0.133. The number of fused-ring (bicyclic) bond motifs is 1. The molecule has 2 aromatic carbocycles. The molecule has 3 aromatic rings. The maximum absolute atomic E-state index is 12.2. The second-order valence-corrected chi connectivity index (χ2v) is 5.48. The van der Waals surface area contributed by atoms with E-state index >= 15 is 0 Å². The number of unbranched alkanes of at least 4 members (excludes halogenated alkanes) is 2. The lowest BCUT2D eigenvalue weighted by Crippen LogP contribution is -2.10. The average molecular weight is 308 g/mol. The Bertz CT molecular complexity index is 855. The number of aromatic amines is 1. The topological polar surface area (TPSA) is 55.0 Å². The van der Waals surface area contributed by atoms with Crippen molar-refractivity contribution in [3.8, 4) is 17.1 Å². The lowest BCUT2D eigenvalue weighted by Gasteiger charge is -2.11. The van der Waals surface area contributed by atoms with Gasteiger partial charge in [-0.3, -0.25) is 4.79 Å². The molecule has 0 aliphatic carbocycles. The molecular weight excluding hydrogens is 288 g/mol. The lowest BCUT2D eigenvalue weighted by molar-refractivity contribution is 0.307. The molecule has 0 fully saturated rings. The number of ether oxygens (including phenoxy) is 1. The quantitative estimate of drug-likeness (QED) is 0.696. The van der Waals surface area contributed by atoms with Gasteiger partial charge in [-0.1, -0.05) is 44.0 Å². The smallest absolute Gasteiger partial charge is 0.259 e. The van der Waals surface area contributed by atoms with Gasteiger partial charge < -0.3 is 9.72 Å². The van der Waals surface area contributed by atoms with Gasteiger partial charge in [-0.2, -0.15) is 0 Å². The molecule has 0 unspecified atom stereocenters. The van der Waals surface area contributed by atoms with Crippen LogP contribution in [0.25, 0.3) is 22.3 Å². The van der Waals surface area contributed by atoms with Crippen molar-refractivity contribution in [2.24, 2.45) is 0 Å². The van der Waals surface area contributed by atoms with Crippen LogP contribution in [-0.2, 0) is 0 Å². The summed E-state index contributed by atoms with van der Waals surface area (Å²) in [4.78, 5) is 19.7. The van der Waals surface area contributed by atoms with Gasteiger partial charge in [-0.05, 0) is 30.7 Å². The van der Waals surface area contributed by atoms with Crippen molar-refractivity contribution in [3.63, 3.8) is 0 Å². The van der Waals surface area contributed by atoms with Crippen LogP contribution >= 0.6 is 0 Å². The fraction of sp³-hybridized carbons (Fsp3) is 0.263. The largest absolute Gasteiger partial charge is 0.493 e. The Balaban J connectivity index is 1.97. The van der Waals surface area contributed by atoms with Gasteiger partial charge in [0.15, 0.2) is 0 Å². The van der Waals surface area contributed by atoms with E-state index in [0.29, 0.717) is 23.3 Å².